The molecule has 0 amide bonds. The quantitative estimate of drug-likeness (QED) is 0.776. The number of morpholine rings is 1. The van der Waals surface area contributed by atoms with Gasteiger partial charge >= 0.3 is 0 Å². The highest BCUT2D eigenvalue weighted by molar-refractivity contribution is 7.18. The third-order valence-corrected chi connectivity index (χ3v) is 5.68. The minimum Gasteiger partial charge on any atom is -0.378 e. The van der Waals surface area contributed by atoms with Gasteiger partial charge in [-0.05, 0) is 31.0 Å². The number of aromatic nitrogens is 3. The summed E-state index contributed by atoms with van der Waals surface area (Å²) in [6.07, 6.45) is 3.56. The van der Waals surface area contributed by atoms with E-state index in [1.807, 2.05) is 6.20 Å². The smallest absolute Gasteiger partial charge is 0.138 e. The minimum absolute atomic E-state index is 0.691. The second-order valence-corrected chi connectivity index (χ2v) is 7.37. The first-order chi connectivity index (χ1) is 12.2. The van der Waals surface area contributed by atoms with Crippen molar-refractivity contribution in [3.8, 4) is 0 Å². The van der Waals surface area contributed by atoms with Crippen molar-refractivity contribution in [1.29, 1.82) is 0 Å². The van der Waals surface area contributed by atoms with E-state index >= 15 is 0 Å². The van der Waals surface area contributed by atoms with Crippen molar-refractivity contribution in [3.63, 3.8) is 0 Å². The lowest BCUT2D eigenvalue weighted by atomic mass is 10.2. The number of nitrogens with zero attached hydrogens (tertiary/aromatic N) is 4. The SMILES string of the molecule is Cc1sc2ncnc(NCc3ccc(N4CCOCC4)nc3)c2c1C. The van der Waals surface area contributed by atoms with E-state index in [0.29, 0.717) is 6.54 Å². The van der Waals surface area contributed by atoms with E-state index in [1.54, 1.807) is 17.7 Å². The van der Waals surface area contributed by atoms with Crippen LogP contribution in [0.15, 0.2) is 24.7 Å². The molecular formula is C18H21N5OS. The van der Waals surface area contributed by atoms with Crippen LogP contribution in [0, 0.1) is 13.8 Å². The summed E-state index contributed by atoms with van der Waals surface area (Å²) in [5.74, 6) is 1.91. The molecule has 0 saturated carbocycles. The summed E-state index contributed by atoms with van der Waals surface area (Å²) in [6, 6.07) is 4.20. The van der Waals surface area contributed by atoms with Crippen molar-refractivity contribution in [2.24, 2.45) is 0 Å². The van der Waals surface area contributed by atoms with Gasteiger partial charge in [-0.2, -0.15) is 0 Å². The number of pyridine rings is 1. The molecule has 0 atom stereocenters. The lowest BCUT2D eigenvalue weighted by Crippen LogP contribution is -2.36. The van der Waals surface area contributed by atoms with Gasteiger partial charge in [0.15, 0.2) is 0 Å². The van der Waals surface area contributed by atoms with Gasteiger partial charge in [-0.3, -0.25) is 0 Å². The number of nitrogens with one attached hydrogen (secondary N) is 1. The molecule has 6 nitrogen and oxygen atoms in total. The van der Waals surface area contributed by atoms with E-state index in [0.717, 1.165) is 53.7 Å². The highest BCUT2D eigenvalue weighted by Gasteiger charge is 2.13. The highest BCUT2D eigenvalue weighted by Crippen LogP contribution is 2.32. The maximum absolute atomic E-state index is 5.39. The molecule has 0 bridgehead atoms. The molecule has 0 unspecified atom stereocenters. The van der Waals surface area contributed by atoms with Crippen molar-refractivity contribution in [1.82, 2.24) is 15.0 Å². The first kappa shape index (κ1) is 16.2. The zero-order valence-corrected chi connectivity index (χ0v) is 15.3. The van der Waals surface area contributed by atoms with E-state index in [-0.39, 0.29) is 0 Å². The molecule has 4 rings (SSSR count). The second kappa shape index (κ2) is 6.93. The fraction of sp³-hybridized carbons (Fsp3) is 0.389. The van der Waals surface area contributed by atoms with E-state index in [2.05, 4.69) is 51.1 Å². The van der Waals surface area contributed by atoms with Crippen LogP contribution in [-0.4, -0.2) is 41.3 Å². The highest BCUT2D eigenvalue weighted by atomic mass is 32.1. The molecule has 0 aromatic carbocycles. The van der Waals surface area contributed by atoms with Crippen LogP contribution in [0.5, 0.6) is 0 Å². The molecule has 3 aromatic rings. The average Bonchev–Trinajstić information content (AvgIpc) is 2.96. The molecule has 1 fully saturated rings. The Labute approximate surface area is 150 Å². The summed E-state index contributed by atoms with van der Waals surface area (Å²) in [4.78, 5) is 18.0. The van der Waals surface area contributed by atoms with Crippen LogP contribution in [0.1, 0.15) is 16.0 Å². The number of thiophene rings is 1. The maximum Gasteiger partial charge on any atom is 0.138 e. The first-order valence-electron chi connectivity index (χ1n) is 8.44. The predicted molar refractivity (Wildman–Crippen MR) is 101 cm³/mol. The lowest BCUT2D eigenvalue weighted by molar-refractivity contribution is 0.122. The Kier molecular flexibility index (Phi) is 4.50. The van der Waals surface area contributed by atoms with Crippen LogP contribution in [0.25, 0.3) is 10.2 Å². The molecule has 1 aliphatic heterocycles. The first-order valence-corrected chi connectivity index (χ1v) is 9.26. The van der Waals surface area contributed by atoms with Crippen molar-refractivity contribution in [2.45, 2.75) is 20.4 Å². The minimum atomic E-state index is 0.691. The van der Waals surface area contributed by atoms with Crippen LogP contribution in [0.3, 0.4) is 0 Å². The monoisotopic (exact) mass is 355 g/mol. The van der Waals surface area contributed by atoms with Crippen LogP contribution < -0.4 is 10.2 Å². The molecule has 3 aromatic heterocycles. The van der Waals surface area contributed by atoms with E-state index in [4.69, 9.17) is 4.74 Å². The van der Waals surface area contributed by atoms with Crippen molar-refractivity contribution in [2.75, 3.05) is 36.5 Å². The van der Waals surface area contributed by atoms with Crippen molar-refractivity contribution < 1.29 is 4.74 Å². The van der Waals surface area contributed by atoms with E-state index in [9.17, 15) is 0 Å². The Morgan fingerprint density at radius 2 is 2.00 bits per heavy atom. The standard InChI is InChI=1S/C18H21N5OS/c1-12-13(2)25-18-16(12)17(21-11-22-18)20-10-14-3-4-15(19-9-14)23-5-7-24-8-6-23/h3-4,9,11H,5-8,10H2,1-2H3,(H,20,21,22). The predicted octanol–water partition coefficient (Wildman–Crippen LogP) is 3.15. The van der Waals surface area contributed by atoms with Crippen LogP contribution >= 0.6 is 11.3 Å². The largest absolute Gasteiger partial charge is 0.378 e. The normalized spacial score (nSPS) is 14.9. The number of hydrogen-bond donors (Lipinski definition) is 1. The van der Waals surface area contributed by atoms with Gasteiger partial charge in [-0.1, -0.05) is 6.07 Å². The van der Waals surface area contributed by atoms with Gasteiger partial charge in [0.05, 0.1) is 18.6 Å². The molecular weight excluding hydrogens is 334 g/mol. The number of rotatable bonds is 4. The zero-order valence-electron chi connectivity index (χ0n) is 14.5. The van der Waals surface area contributed by atoms with Crippen LogP contribution in [0.2, 0.25) is 0 Å². The fourth-order valence-corrected chi connectivity index (χ4v) is 4.00. The molecule has 0 spiro atoms. The summed E-state index contributed by atoms with van der Waals surface area (Å²) in [7, 11) is 0. The topological polar surface area (TPSA) is 63.2 Å². The average molecular weight is 355 g/mol. The molecule has 7 heteroatoms. The van der Waals surface area contributed by atoms with Gasteiger partial charge in [0.25, 0.3) is 0 Å². The van der Waals surface area contributed by atoms with Crippen molar-refractivity contribution in [3.05, 3.63) is 40.7 Å². The molecule has 0 aliphatic carbocycles. The lowest BCUT2D eigenvalue weighted by Gasteiger charge is -2.27. The Morgan fingerprint density at radius 3 is 2.76 bits per heavy atom. The zero-order chi connectivity index (χ0) is 17.2. The number of ether oxygens (including phenoxy) is 1. The second-order valence-electron chi connectivity index (χ2n) is 6.16. The van der Waals surface area contributed by atoms with Gasteiger partial charge in [-0.25, -0.2) is 15.0 Å². The summed E-state index contributed by atoms with van der Waals surface area (Å²) >= 11 is 1.71. The summed E-state index contributed by atoms with van der Waals surface area (Å²) in [5, 5.41) is 4.57. The molecule has 1 aliphatic rings. The number of aryl methyl sites for hydroxylation is 2. The fourth-order valence-electron chi connectivity index (χ4n) is 3.00. The maximum atomic E-state index is 5.39. The van der Waals surface area contributed by atoms with E-state index < -0.39 is 0 Å². The summed E-state index contributed by atoms with van der Waals surface area (Å²) in [6.45, 7) is 8.29. The van der Waals surface area contributed by atoms with Crippen LogP contribution in [-0.2, 0) is 11.3 Å². The third-order valence-electron chi connectivity index (χ3n) is 4.57. The number of fused-ring (bicyclic) bond motifs is 1. The third kappa shape index (κ3) is 3.29. The molecule has 1 N–H and O–H groups in total. The number of anilines is 2. The van der Waals surface area contributed by atoms with E-state index in [1.165, 1.54) is 10.4 Å². The van der Waals surface area contributed by atoms with Gasteiger partial charge in [0.2, 0.25) is 0 Å². The Balaban J connectivity index is 1.48. The summed E-state index contributed by atoms with van der Waals surface area (Å²) < 4.78 is 5.39. The molecule has 4 heterocycles. The Hall–Kier alpha value is -2.25. The van der Waals surface area contributed by atoms with Gasteiger partial charge in [-0.15, -0.1) is 11.3 Å². The van der Waals surface area contributed by atoms with Gasteiger partial charge in [0.1, 0.15) is 22.8 Å². The van der Waals surface area contributed by atoms with Gasteiger partial charge in [0, 0.05) is 30.7 Å². The van der Waals surface area contributed by atoms with Crippen molar-refractivity contribution >= 4 is 33.2 Å². The Morgan fingerprint density at radius 1 is 1.16 bits per heavy atom. The number of hydrogen-bond acceptors (Lipinski definition) is 7. The molecule has 130 valence electrons. The molecule has 1 saturated heterocycles. The molecule has 25 heavy (non-hydrogen) atoms. The van der Waals surface area contributed by atoms with Gasteiger partial charge < -0.3 is 15.0 Å². The Bertz CT molecular complexity index is 871. The molecule has 0 radical (unpaired) electrons. The summed E-state index contributed by atoms with van der Waals surface area (Å²) in [5.41, 5.74) is 2.39. The van der Waals surface area contributed by atoms with Crippen LogP contribution in [0.4, 0.5) is 11.6 Å².